The molecule has 8 nitrogen and oxygen atoms in total. The van der Waals surface area contributed by atoms with E-state index >= 15 is 0 Å². The second-order valence-electron chi connectivity index (χ2n) is 5.79. The minimum absolute atomic E-state index is 0.0617. The average Bonchev–Trinajstić information content (AvgIpc) is 2.65. The van der Waals surface area contributed by atoms with Crippen LogP contribution in [0, 0.1) is 0 Å². The third-order valence-corrected chi connectivity index (χ3v) is 3.66. The summed E-state index contributed by atoms with van der Waals surface area (Å²) in [5, 5.41) is 2.80. The summed E-state index contributed by atoms with van der Waals surface area (Å²) >= 11 is 0. The molecule has 11 heteroatoms. The number of benzene rings is 2. The largest absolute Gasteiger partial charge is 0.454 e. The van der Waals surface area contributed by atoms with Crippen molar-refractivity contribution in [3.05, 3.63) is 65.5 Å². The highest BCUT2D eigenvalue weighted by Gasteiger charge is 2.30. The fraction of sp³-hybridized carbons (Fsp3) is 0.111. The van der Waals surface area contributed by atoms with E-state index in [1.54, 1.807) is 12.1 Å². The first kappa shape index (κ1) is 19.9. The number of nitrogens with two attached hydrogens (primary N) is 2. The Hall–Kier alpha value is -3.89. The summed E-state index contributed by atoms with van der Waals surface area (Å²) in [6, 6.07) is 10.8. The minimum atomic E-state index is -4.48. The van der Waals surface area contributed by atoms with E-state index in [4.69, 9.17) is 16.2 Å². The number of rotatable bonds is 5. The normalized spacial score (nSPS) is 11.1. The standard InChI is InChI=1S/C18H15F3N6O2/c19-18(20,21)10-4-3-5-11(8-10)24-13-7-2-1-6-12(13)15(28)29-9-14-25-16(22)27-17(23)26-14/h1-8,24H,9H2,(H4,22,23,25,26,27). The summed E-state index contributed by atoms with van der Waals surface area (Å²) in [5.74, 6) is -0.908. The van der Waals surface area contributed by atoms with Crippen LogP contribution in [0.4, 0.5) is 36.4 Å². The van der Waals surface area contributed by atoms with E-state index in [1.165, 1.54) is 24.3 Å². The van der Waals surface area contributed by atoms with Gasteiger partial charge in [0, 0.05) is 5.69 Å². The summed E-state index contributed by atoms with van der Waals surface area (Å²) in [6.45, 7) is -0.312. The molecule has 0 bridgehead atoms. The van der Waals surface area contributed by atoms with E-state index in [0.29, 0.717) is 0 Å². The number of hydrogen-bond donors (Lipinski definition) is 3. The number of hydrogen-bond acceptors (Lipinski definition) is 8. The highest BCUT2D eigenvalue weighted by atomic mass is 19.4. The molecule has 0 atom stereocenters. The van der Waals surface area contributed by atoms with Crippen molar-refractivity contribution in [2.24, 2.45) is 0 Å². The van der Waals surface area contributed by atoms with Crippen LogP contribution in [0.2, 0.25) is 0 Å². The molecule has 5 N–H and O–H groups in total. The van der Waals surface area contributed by atoms with Gasteiger partial charge in [0.2, 0.25) is 11.9 Å². The molecule has 0 radical (unpaired) electrons. The monoisotopic (exact) mass is 404 g/mol. The Morgan fingerprint density at radius 3 is 2.38 bits per heavy atom. The second-order valence-corrected chi connectivity index (χ2v) is 5.79. The molecule has 0 saturated heterocycles. The van der Waals surface area contributed by atoms with Gasteiger partial charge in [-0.1, -0.05) is 18.2 Å². The van der Waals surface area contributed by atoms with Crippen LogP contribution in [-0.2, 0) is 17.5 Å². The van der Waals surface area contributed by atoms with Crippen molar-refractivity contribution in [1.82, 2.24) is 15.0 Å². The lowest BCUT2D eigenvalue weighted by Gasteiger charge is -2.13. The van der Waals surface area contributed by atoms with E-state index in [2.05, 4.69) is 20.3 Å². The van der Waals surface area contributed by atoms with Crippen LogP contribution in [0.1, 0.15) is 21.7 Å². The lowest BCUT2D eigenvalue weighted by Crippen LogP contribution is -2.12. The zero-order valence-electron chi connectivity index (χ0n) is 14.8. The molecule has 3 rings (SSSR count). The molecule has 1 heterocycles. The predicted octanol–water partition coefficient (Wildman–Crippen LogP) is 3.16. The summed E-state index contributed by atoms with van der Waals surface area (Å²) in [6.07, 6.45) is -4.48. The fourth-order valence-electron chi connectivity index (χ4n) is 2.43. The molecule has 29 heavy (non-hydrogen) atoms. The molecule has 1 aromatic heterocycles. The van der Waals surface area contributed by atoms with Gasteiger partial charge >= 0.3 is 12.1 Å². The van der Waals surface area contributed by atoms with E-state index in [-0.39, 0.29) is 41.3 Å². The number of nitrogen functional groups attached to an aromatic ring is 2. The van der Waals surface area contributed by atoms with E-state index < -0.39 is 17.7 Å². The minimum Gasteiger partial charge on any atom is -0.454 e. The number of anilines is 4. The van der Waals surface area contributed by atoms with Gasteiger partial charge in [-0.3, -0.25) is 0 Å². The maximum Gasteiger partial charge on any atom is 0.416 e. The molecule has 0 aliphatic rings. The molecular weight excluding hydrogens is 389 g/mol. The summed E-state index contributed by atoms with van der Waals surface area (Å²) in [5.41, 5.74) is 10.6. The van der Waals surface area contributed by atoms with Crippen molar-refractivity contribution >= 4 is 29.2 Å². The molecule has 150 valence electrons. The molecule has 0 saturated carbocycles. The van der Waals surface area contributed by atoms with Crippen LogP contribution >= 0.6 is 0 Å². The summed E-state index contributed by atoms with van der Waals surface area (Å²) in [7, 11) is 0. The van der Waals surface area contributed by atoms with Crippen molar-refractivity contribution < 1.29 is 22.7 Å². The quantitative estimate of drug-likeness (QED) is 0.553. The van der Waals surface area contributed by atoms with Crippen LogP contribution < -0.4 is 16.8 Å². The zero-order valence-corrected chi connectivity index (χ0v) is 14.8. The number of para-hydroxylation sites is 1. The highest BCUT2D eigenvalue weighted by Crippen LogP contribution is 2.32. The Balaban J connectivity index is 1.77. The Morgan fingerprint density at radius 2 is 1.69 bits per heavy atom. The molecule has 2 aromatic carbocycles. The first-order valence-electron chi connectivity index (χ1n) is 8.19. The number of aromatic nitrogens is 3. The number of ether oxygens (including phenoxy) is 1. The van der Waals surface area contributed by atoms with Gasteiger partial charge < -0.3 is 21.5 Å². The van der Waals surface area contributed by atoms with Gasteiger partial charge in [-0.25, -0.2) is 4.79 Å². The van der Waals surface area contributed by atoms with Crippen molar-refractivity contribution in [3.63, 3.8) is 0 Å². The first-order chi connectivity index (χ1) is 13.7. The number of esters is 1. The van der Waals surface area contributed by atoms with Crippen LogP contribution in [0.15, 0.2) is 48.5 Å². The topological polar surface area (TPSA) is 129 Å². The number of halogens is 3. The molecule has 0 spiro atoms. The maximum absolute atomic E-state index is 12.9. The number of nitrogens with one attached hydrogen (secondary N) is 1. The van der Waals surface area contributed by atoms with Gasteiger partial charge in [0.15, 0.2) is 12.4 Å². The Bertz CT molecular complexity index is 1020. The number of nitrogens with zero attached hydrogens (tertiary/aromatic N) is 3. The van der Waals surface area contributed by atoms with Gasteiger partial charge in [-0.15, -0.1) is 0 Å². The molecule has 0 fully saturated rings. The molecule has 0 aliphatic carbocycles. The van der Waals surface area contributed by atoms with Gasteiger partial charge in [0.1, 0.15) is 0 Å². The highest BCUT2D eigenvalue weighted by molar-refractivity contribution is 5.96. The molecule has 0 unspecified atom stereocenters. The third kappa shape index (κ3) is 5.09. The summed E-state index contributed by atoms with van der Waals surface area (Å²) in [4.78, 5) is 23.7. The van der Waals surface area contributed by atoms with Crippen molar-refractivity contribution in [2.75, 3.05) is 16.8 Å². The van der Waals surface area contributed by atoms with E-state index in [0.717, 1.165) is 12.1 Å². The first-order valence-corrected chi connectivity index (χ1v) is 8.19. The number of alkyl halides is 3. The zero-order chi connectivity index (χ0) is 21.0. The van der Waals surface area contributed by atoms with Crippen LogP contribution in [0.5, 0.6) is 0 Å². The predicted molar refractivity (Wildman–Crippen MR) is 98.9 cm³/mol. The van der Waals surface area contributed by atoms with Gasteiger partial charge in [0.25, 0.3) is 0 Å². The number of carbonyl (C=O) groups excluding carboxylic acids is 1. The average molecular weight is 404 g/mol. The van der Waals surface area contributed by atoms with Gasteiger partial charge in [0.05, 0.1) is 16.8 Å². The Kier molecular flexibility index (Phi) is 5.48. The van der Waals surface area contributed by atoms with Crippen molar-refractivity contribution in [2.45, 2.75) is 12.8 Å². The van der Waals surface area contributed by atoms with Crippen molar-refractivity contribution in [1.29, 1.82) is 0 Å². The van der Waals surface area contributed by atoms with Crippen LogP contribution in [0.25, 0.3) is 0 Å². The Labute approximate surface area is 162 Å². The van der Waals surface area contributed by atoms with E-state index in [1.807, 2.05) is 0 Å². The second kappa shape index (κ2) is 8.00. The molecule has 3 aromatic rings. The lowest BCUT2D eigenvalue weighted by atomic mass is 10.1. The van der Waals surface area contributed by atoms with Gasteiger partial charge in [-0.2, -0.15) is 28.1 Å². The number of carbonyl (C=O) groups is 1. The lowest BCUT2D eigenvalue weighted by molar-refractivity contribution is -0.137. The SMILES string of the molecule is Nc1nc(N)nc(COC(=O)c2ccccc2Nc2cccc(C(F)(F)F)c2)n1. The van der Waals surface area contributed by atoms with Crippen LogP contribution in [-0.4, -0.2) is 20.9 Å². The maximum atomic E-state index is 12.9. The van der Waals surface area contributed by atoms with Crippen molar-refractivity contribution in [3.8, 4) is 0 Å². The Morgan fingerprint density at radius 1 is 1.00 bits per heavy atom. The molecular formula is C18H15F3N6O2. The van der Waals surface area contributed by atoms with Crippen LogP contribution in [0.3, 0.4) is 0 Å². The van der Waals surface area contributed by atoms with E-state index in [9.17, 15) is 18.0 Å². The smallest absolute Gasteiger partial charge is 0.416 e. The van der Waals surface area contributed by atoms with Gasteiger partial charge in [-0.05, 0) is 30.3 Å². The molecule has 0 aliphatic heterocycles. The third-order valence-electron chi connectivity index (χ3n) is 3.66. The summed E-state index contributed by atoms with van der Waals surface area (Å²) < 4.78 is 43.8. The molecule has 0 amide bonds. The fourth-order valence-corrected chi connectivity index (χ4v) is 2.43.